The van der Waals surface area contributed by atoms with E-state index < -0.39 is 27.0 Å². The van der Waals surface area contributed by atoms with Gasteiger partial charge in [0, 0.05) is 6.54 Å². The summed E-state index contributed by atoms with van der Waals surface area (Å²) in [6.07, 6.45) is -4.16. The molecule has 0 unspecified atom stereocenters. The molecule has 1 rings (SSSR count). The van der Waals surface area contributed by atoms with E-state index in [0.29, 0.717) is 5.56 Å². The highest BCUT2D eigenvalue weighted by Crippen LogP contribution is 2.29. The summed E-state index contributed by atoms with van der Waals surface area (Å²) >= 11 is 0. The lowest BCUT2D eigenvalue weighted by atomic mass is 10.1. The second-order valence-electron chi connectivity index (χ2n) is 4.44. The lowest BCUT2D eigenvalue weighted by Gasteiger charge is -2.11. The fourth-order valence-corrected chi connectivity index (χ4v) is 2.13. The predicted octanol–water partition coefficient (Wildman–Crippen LogP) is 2.58. The molecule has 0 saturated carbocycles. The average Bonchev–Trinajstić information content (AvgIpc) is 2.28. The van der Waals surface area contributed by atoms with Crippen LogP contribution in [0.15, 0.2) is 24.3 Å². The minimum atomic E-state index is -4.38. The fraction of sp³-hybridized carbons (Fsp3) is 0.500. The van der Waals surface area contributed by atoms with Crippen molar-refractivity contribution < 1.29 is 21.6 Å². The molecule has 19 heavy (non-hydrogen) atoms. The van der Waals surface area contributed by atoms with Crippen LogP contribution in [0.2, 0.25) is 0 Å². The van der Waals surface area contributed by atoms with Gasteiger partial charge in [-0.15, -0.1) is 0 Å². The molecule has 0 spiro atoms. The van der Waals surface area contributed by atoms with Gasteiger partial charge in [0.15, 0.2) is 0 Å². The van der Waals surface area contributed by atoms with Crippen molar-refractivity contribution in [2.45, 2.75) is 31.7 Å². The summed E-state index contributed by atoms with van der Waals surface area (Å²) in [7, 11) is -3.38. The lowest BCUT2D eigenvalue weighted by Crippen LogP contribution is -2.32. The minimum absolute atomic E-state index is 0.0851. The van der Waals surface area contributed by atoms with E-state index in [-0.39, 0.29) is 13.0 Å². The molecule has 0 aromatic heterocycles. The van der Waals surface area contributed by atoms with Gasteiger partial charge in [-0.2, -0.15) is 13.2 Å². The second-order valence-corrected chi connectivity index (χ2v) is 6.76. The Balaban J connectivity index is 2.65. The maximum Gasteiger partial charge on any atom is 0.416 e. The molecule has 0 radical (unpaired) electrons. The van der Waals surface area contributed by atoms with Crippen LogP contribution in [0.4, 0.5) is 13.2 Å². The predicted molar refractivity (Wildman–Crippen MR) is 67.2 cm³/mol. The Bertz CT molecular complexity index is 524. The fourth-order valence-electron chi connectivity index (χ4n) is 1.41. The number of hydrogen-bond acceptors (Lipinski definition) is 2. The van der Waals surface area contributed by atoms with Gasteiger partial charge in [-0.3, -0.25) is 0 Å². The first-order valence-electron chi connectivity index (χ1n) is 5.77. The van der Waals surface area contributed by atoms with Gasteiger partial charge in [0.25, 0.3) is 0 Å². The molecule has 0 atom stereocenters. The number of alkyl halides is 3. The van der Waals surface area contributed by atoms with Crippen LogP contribution in [-0.4, -0.2) is 20.2 Å². The van der Waals surface area contributed by atoms with Crippen molar-refractivity contribution in [1.82, 2.24) is 4.72 Å². The molecule has 108 valence electrons. The third-order valence-corrected chi connectivity index (χ3v) is 4.44. The topological polar surface area (TPSA) is 46.2 Å². The van der Waals surface area contributed by atoms with Crippen molar-refractivity contribution >= 4 is 10.0 Å². The van der Waals surface area contributed by atoms with Crippen molar-refractivity contribution in [1.29, 1.82) is 0 Å². The molecule has 3 nitrogen and oxygen atoms in total. The molecule has 0 amide bonds. The lowest BCUT2D eigenvalue weighted by molar-refractivity contribution is -0.137. The molecule has 0 aliphatic heterocycles. The van der Waals surface area contributed by atoms with Gasteiger partial charge in [-0.25, -0.2) is 13.1 Å². The van der Waals surface area contributed by atoms with Crippen LogP contribution in [0.5, 0.6) is 0 Å². The summed E-state index contributed by atoms with van der Waals surface area (Å²) in [6, 6.07) is 4.87. The van der Waals surface area contributed by atoms with Gasteiger partial charge in [-0.1, -0.05) is 18.2 Å². The van der Waals surface area contributed by atoms with Crippen LogP contribution in [0, 0.1) is 0 Å². The number of halogens is 3. The van der Waals surface area contributed by atoms with Crippen molar-refractivity contribution in [2.75, 3.05) is 6.54 Å². The van der Waals surface area contributed by atoms with E-state index in [9.17, 15) is 21.6 Å². The van der Waals surface area contributed by atoms with Gasteiger partial charge in [-0.05, 0) is 31.9 Å². The van der Waals surface area contributed by atoms with Crippen LogP contribution in [0.1, 0.15) is 25.0 Å². The van der Waals surface area contributed by atoms with Crippen molar-refractivity contribution in [3.63, 3.8) is 0 Å². The molecule has 1 N–H and O–H groups in total. The molecule has 1 aromatic carbocycles. The largest absolute Gasteiger partial charge is 0.416 e. The highest BCUT2D eigenvalue weighted by Gasteiger charge is 2.30. The first kappa shape index (κ1) is 16.0. The Hall–Kier alpha value is -1.08. The van der Waals surface area contributed by atoms with Crippen LogP contribution < -0.4 is 4.72 Å². The monoisotopic (exact) mass is 295 g/mol. The molecular weight excluding hydrogens is 279 g/mol. The number of hydrogen-bond donors (Lipinski definition) is 1. The number of sulfonamides is 1. The van der Waals surface area contributed by atoms with E-state index in [4.69, 9.17) is 0 Å². The maximum absolute atomic E-state index is 12.5. The highest BCUT2D eigenvalue weighted by atomic mass is 32.2. The third kappa shape index (κ3) is 4.83. The van der Waals surface area contributed by atoms with Crippen LogP contribution in [-0.2, 0) is 22.6 Å². The summed E-state index contributed by atoms with van der Waals surface area (Å²) < 4.78 is 62.7. The van der Waals surface area contributed by atoms with Gasteiger partial charge < -0.3 is 0 Å². The average molecular weight is 295 g/mol. The summed E-state index contributed by atoms with van der Waals surface area (Å²) in [5.74, 6) is 0. The zero-order valence-corrected chi connectivity index (χ0v) is 11.5. The maximum atomic E-state index is 12.5. The molecule has 0 heterocycles. The molecule has 0 fully saturated rings. The first-order chi connectivity index (χ1) is 8.63. The molecule has 1 aromatic rings. The van der Waals surface area contributed by atoms with Gasteiger partial charge in [0.1, 0.15) is 0 Å². The minimum Gasteiger partial charge on any atom is -0.215 e. The Labute approximate surface area is 110 Å². The standard InChI is InChI=1S/C12H16F3NO2S/c1-9(2)19(17,18)16-7-6-10-4-3-5-11(8-10)12(13,14)15/h3-5,8-9,16H,6-7H2,1-2H3. The molecule has 0 aliphatic rings. The number of nitrogens with one attached hydrogen (secondary N) is 1. The van der Waals surface area contributed by atoms with Gasteiger partial charge in [0.05, 0.1) is 10.8 Å². The van der Waals surface area contributed by atoms with E-state index >= 15 is 0 Å². The Morgan fingerprint density at radius 3 is 2.42 bits per heavy atom. The van der Waals surface area contributed by atoms with Crippen molar-refractivity contribution in [3.8, 4) is 0 Å². The third-order valence-electron chi connectivity index (χ3n) is 2.59. The van der Waals surface area contributed by atoms with Gasteiger partial charge in [0.2, 0.25) is 10.0 Å². The first-order valence-corrected chi connectivity index (χ1v) is 7.32. The van der Waals surface area contributed by atoms with E-state index in [0.717, 1.165) is 12.1 Å². The molecule has 7 heteroatoms. The van der Waals surface area contributed by atoms with Crippen molar-refractivity contribution in [2.24, 2.45) is 0 Å². The zero-order chi connectivity index (χ0) is 14.7. The zero-order valence-electron chi connectivity index (χ0n) is 10.7. The van der Waals surface area contributed by atoms with Gasteiger partial charge >= 0.3 is 6.18 Å². The number of benzene rings is 1. The van der Waals surface area contributed by atoms with Crippen LogP contribution >= 0.6 is 0 Å². The Morgan fingerprint density at radius 1 is 1.26 bits per heavy atom. The van der Waals surface area contributed by atoms with Crippen LogP contribution in [0.3, 0.4) is 0 Å². The Morgan fingerprint density at radius 2 is 1.89 bits per heavy atom. The van der Waals surface area contributed by atoms with Crippen LogP contribution in [0.25, 0.3) is 0 Å². The quantitative estimate of drug-likeness (QED) is 0.907. The molecule has 0 saturated heterocycles. The SMILES string of the molecule is CC(C)S(=O)(=O)NCCc1cccc(C(F)(F)F)c1. The van der Waals surface area contributed by atoms with E-state index in [2.05, 4.69) is 4.72 Å². The molecule has 0 aliphatic carbocycles. The normalized spacial score (nSPS) is 12.9. The van der Waals surface area contributed by atoms with E-state index in [1.54, 1.807) is 6.07 Å². The summed E-state index contributed by atoms with van der Waals surface area (Å²) in [5.41, 5.74) is -0.280. The smallest absolute Gasteiger partial charge is 0.215 e. The highest BCUT2D eigenvalue weighted by molar-refractivity contribution is 7.90. The van der Waals surface area contributed by atoms with E-state index in [1.807, 2.05) is 0 Å². The molecule has 0 bridgehead atoms. The summed E-state index contributed by atoms with van der Waals surface area (Å²) in [5, 5.41) is -0.561. The second kappa shape index (κ2) is 5.92. The van der Waals surface area contributed by atoms with E-state index in [1.165, 1.54) is 19.9 Å². The Kier molecular flexibility index (Phi) is 4.98. The van der Waals surface area contributed by atoms with Crippen molar-refractivity contribution in [3.05, 3.63) is 35.4 Å². The number of rotatable bonds is 5. The summed E-state index contributed by atoms with van der Waals surface area (Å²) in [4.78, 5) is 0. The molecular formula is C12H16F3NO2S. The summed E-state index contributed by atoms with van der Waals surface area (Å²) in [6.45, 7) is 3.15.